The lowest BCUT2D eigenvalue weighted by Gasteiger charge is -2.07. The van der Waals surface area contributed by atoms with E-state index in [1.54, 1.807) is 0 Å². The molecular weight excluding hydrogens is 400 g/mol. The normalized spacial score (nSPS) is 10.9. The molecule has 0 aliphatic carbocycles. The van der Waals surface area contributed by atoms with Crippen LogP contribution in [0, 0.1) is 10.1 Å². The maximum atomic E-state index is 12.1. The lowest BCUT2D eigenvalue weighted by molar-refractivity contribution is -0.385. The summed E-state index contributed by atoms with van der Waals surface area (Å²) in [6, 6.07) is 8.85. The summed E-state index contributed by atoms with van der Waals surface area (Å²) in [5.41, 5.74) is -0.427. The molecule has 2 aromatic carbocycles. The van der Waals surface area contributed by atoms with Gasteiger partial charge in [0.15, 0.2) is 12.4 Å². The minimum Gasteiger partial charge on any atom is -0.454 e. The molecular formula is C16H13ClN2O7S. The maximum Gasteiger partial charge on any atom is 0.345 e. The van der Waals surface area contributed by atoms with Crippen molar-refractivity contribution < 1.29 is 27.7 Å². The number of anilines is 1. The van der Waals surface area contributed by atoms with Crippen molar-refractivity contribution in [2.75, 3.05) is 17.6 Å². The predicted octanol–water partition coefficient (Wildman–Crippen LogP) is 2.66. The van der Waals surface area contributed by atoms with Gasteiger partial charge in [-0.25, -0.2) is 13.2 Å². The van der Waals surface area contributed by atoms with Gasteiger partial charge < -0.3 is 4.74 Å². The van der Waals surface area contributed by atoms with Gasteiger partial charge in [0.05, 0.1) is 11.2 Å². The van der Waals surface area contributed by atoms with Gasteiger partial charge in [-0.2, -0.15) is 0 Å². The third-order valence-electron chi connectivity index (χ3n) is 3.22. The van der Waals surface area contributed by atoms with Gasteiger partial charge in [0.2, 0.25) is 10.0 Å². The van der Waals surface area contributed by atoms with E-state index in [4.69, 9.17) is 16.3 Å². The summed E-state index contributed by atoms with van der Waals surface area (Å²) < 4.78 is 29.4. The number of rotatable bonds is 7. The highest BCUT2D eigenvalue weighted by Gasteiger charge is 2.22. The van der Waals surface area contributed by atoms with E-state index in [1.807, 2.05) is 0 Å². The van der Waals surface area contributed by atoms with Crippen LogP contribution in [-0.2, 0) is 14.8 Å². The Kier molecular flexibility index (Phi) is 6.13. The third-order valence-corrected chi connectivity index (χ3v) is 4.06. The van der Waals surface area contributed by atoms with Crippen molar-refractivity contribution in [2.24, 2.45) is 0 Å². The summed E-state index contributed by atoms with van der Waals surface area (Å²) in [6.45, 7) is -0.651. The van der Waals surface area contributed by atoms with Crippen LogP contribution in [0.2, 0.25) is 5.02 Å². The fourth-order valence-corrected chi connectivity index (χ4v) is 2.80. The number of nitrogens with one attached hydrogen (secondary N) is 1. The highest BCUT2D eigenvalue weighted by molar-refractivity contribution is 7.92. The number of ether oxygens (including phenoxy) is 1. The van der Waals surface area contributed by atoms with Crippen LogP contribution in [0.4, 0.5) is 11.4 Å². The number of esters is 1. The Bertz CT molecular complexity index is 1000. The van der Waals surface area contributed by atoms with E-state index >= 15 is 0 Å². The van der Waals surface area contributed by atoms with Crippen molar-refractivity contribution in [1.82, 2.24) is 0 Å². The Morgan fingerprint density at radius 3 is 2.37 bits per heavy atom. The SMILES string of the molecule is CS(=O)(=O)Nc1ccc(C(=O)COC(=O)c2cc(Cl)ccc2[N+](=O)[O-])cc1. The summed E-state index contributed by atoms with van der Waals surface area (Å²) in [4.78, 5) is 34.3. The molecule has 0 radical (unpaired) electrons. The van der Waals surface area contributed by atoms with Crippen LogP contribution in [0.5, 0.6) is 0 Å². The second kappa shape index (κ2) is 8.14. The van der Waals surface area contributed by atoms with Crippen LogP contribution in [0.25, 0.3) is 0 Å². The van der Waals surface area contributed by atoms with Crippen LogP contribution < -0.4 is 4.72 Å². The van der Waals surface area contributed by atoms with E-state index in [0.717, 1.165) is 18.4 Å². The highest BCUT2D eigenvalue weighted by Crippen LogP contribution is 2.23. The first-order chi connectivity index (χ1) is 12.6. The molecule has 0 bridgehead atoms. The van der Waals surface area contributed by atoms with Gasteiger partial charge in [-0.3, -0.25) is 19.6 Å². The molecule has 2 rings (SSSR count). The summed E-state index contributed by atoms with van der Waals surface area (Å²) >= 11 is 5.74. The minimum atomic E-state index is -3.45. The predicted molar refractivity (Wildman–Crippen MR) is 97.6 cm³/mol. The number of nitro benzene ring substituents is 1. The molecule has 0 saturated carbocycles. The van der Waals surface area contributed by atoms with Crippen LogP contribution in [0.3, 0.4) is 0 Å². The molecule has 0 aliphatic heterocycles. The van der Waals surface area contributed by atoms with E-state index < -0.39 is 39.0 Å². The van der Waals surface area contributed by atoms with E-state index in [0.29, 0.717) is 0 Å². The number of nitrogens with zero attached hydrogens (tertiary/aromatic N) is 1. The van der Waals surface area contributed by atoms with Gasteiger partial charge >= 0.3 is 5.97 Å². The molecule has 11 heteroatoms. The number of carbonyl (C=O) groups is 2. The lowest BCUT2D eigenvalue weighted by Crippen LogP contribution is -2.15. The molecule has 0 heterocycles. The minimum absolute atomic E-state index is 0.104. The fraction of sp³-hybridized carbons (Fsp3) is 0.125. The standard InChI is InChI=1S/C16H13ClN2O7S/c1-27(24,25)18-12-5-2-10(3-6-12)15(20)9-26-16(21)13-8-11(17)4-7-14(13)19(22)23/h2-8,18H,9H2,1H3. The molecule has 0 saturated heterocycles. The number of nitro groups is 1. The number of hydrogen-bond donors (Lipinski definition) is 1. The topological polar surface area (TPSA) is 133 Å². The van der Waals surface area contributed by atoms with Crippen molar-refractivity contribution in [3.05, 3.63) is 68.7 Å². The first kappa shape index (κ1) is 20.3. The van der Waals surface area contributed by atoms with Crippen molar-refractivity contribution in [3.63, 3.8) is 0 Å². The zero-order valence-electron chi connectivity index (χ0n) is 13.8. The number of sulfonamides is 1. The molecule has 2 aromatic rings. The number of benzene rings is 2. The van der Waals surface area contributed by atoms with Gasteiger partial charge in [0, 0.05) is 22.3 Å². The average Bonchev–Trinajstić information content (AvgIpc) is 2.58. The van der Waals surface area contributed by atoms with Crippen molar-refractivity contribution in [1.29, 1.82) is 0 Å². The summed E-state index contributed by atoms with van der Waals surface area (Å²) in [5.74, 6) is -1.63. The van der Waals surface area contributed by atoms with Gasteiger partial charge in [-0.1, -0.05) is 11.6 Å². The Morgan fingerprint density at radius 1 is 1.19 bits per heavy atom. The third kappa shape index (κ3) is 5.76. The molecule has 0 atom stereocenters. The molecule has 0 unspecified atom stereocenters. The molecule has 0 spiro atoms. The van der Waals surface area contributed by atoms with E-state index in [2.05, 4.69) is 4.72 Å². The molecule has 0 fully saturated rings. The number of carbonyl (C=O) groups excluding carboxylic acids is 2. The van der Waals surface area contributed by atoms with Crippen LogP contribution >= 0.6 is 11.6 Å². The van der Waals surface area contributed by atoms with E-state index in [-0.39, 0.29) is 21.8 Å². The molecule has 1 N–H and O–H groups in total. The number of hydrogen-bond acceptors (Lipinski definition) is 7. The van der Waals surface area contributed by atoms with Gasteiger partial charge in [-0.05, 0) is 36.4 Å². The van der Waals surface area contributed by atoms with E-state index in [9.17, 15) is 28.1 Å². The lowest BCUT2D eigenvalue weighted by atomic mass is 10.1. The van der Waals surface area contributed by atoms with Crippen molar-refractivity contribution in [3.8, 4) is 0 Å². The van der Waals surface area contributed by atoms with Gasteiger partial charge in [0.25, 0.3) is 5.69 Å². The fourth-order valence-electron chi connectivity index (χ4n) is 2.06. The largest absolute Gasteiger partial charge is 0.454 e. The number of Topliss-reactive ketones (excluding diaryl/α,β-unsaturated/α-hetero) is 1. The Hall–Kier alpha value is -2.98. The Morgan fingerprint density at radius 2 is 1.81 bits per heavy atom. The number of ketones is 1. The maximum absolute atomic E-state index is 12.1. The van der Waals surface area contributed by atoms with Gasteiger partial charge in [-0.15, -0.1) is 0 Å². The molecule has 27 heavy (non-hydrogen) atoms. The summed E-state index contributed by atoms with van der Waals surface area (Å²) in [6.07, 6.45) is 0.987. The smallest absolute Gasteiger partial charge is 0.345 e. The first-order valence-corrected chi connectivity index (χ1v) is 9.56. The second-order valence-electron chi connectivity index (χ2n) is 5.37. The molecule has 9 nitrogen and oxygen atoms in total. The zero-order valence-corrected chi connectivity index (χ0v) is 15.4. The molecule has 0 amide bonds. The second-order valence-corrected chi connectivity index (χ2v) is 7.55. The Labute approximate surface area is 159 Å². The highest BCUT2D eigenvalue weighted by atomic mass is 35.5. The first-order valence-electron chi connectivity index (χ1n) is 7.29. The molecule has 142 valence electrons. The van der Waals surface area contributed by atoms with Crippen LogP contribution in [0.15, 0.2) is 42.5 Å². The van der Waals surface area contributed by atoms with Crippen molar-refractivity contribution >= 4 is 44.8 Å². The van der Waals surface area contributed by atoms with E-state index in [1.165, 1.54) is 30.3 Å². The quantitative estimate of drug-likeness (QED) is 0.320. The summed E-state index contributed by atoms with van der Waals surface area (Å²) in [5, 5.41) is 11.1. The molecule has 0 aliphatic rings. The molecule has 0 aromatic heterocycles. The van der Waals surface area contributed by atoms with Crippen LogP contribution in [-0.4, -0.2) is 38.0 Å². The number of halogens is 1. The summed E-state index contributed by atoms with van der Waals surface area (Å²) in [7, 11) is -3.45. The van der Waals surface area contributed by atoms with Crippen molar-refractivity contribution in [2.45, 2.75) is 0 Å². The van der Waals surface area contributed by atoms with Crippen LogP contribution in [0.1, 0.15) is 20.7 Å². The van der Waals surface area contributed by atoms with Gasteiger partial charge in [0.1, 0.15) is 5.56 Å². The Balaban J connectivity index is 2.06. The monoisotopic (exact) mass is 412 g/mol. The average molecular weight is 413 g/mol. The zero-order chi connectivity index (χ0) is 20.2.